The van der Waals surface area contributed by atoms with Gasteiger partial charge in [-0.1, -0.05) is 33.6 Å². The van der Waals surface area contributed by atoms with Crippen LogP contribution in [0.25, 0.3) is 0 Å². The van der Waals surface area contributed by atoms with Crippen LogP contribution in [0.5, 0.6) is 0 Å². The van der Waals surface area contributed by atoms with Gasteiger partial charge in [0.2, 0.25) is 0 Å². The lowest BCUT2D eigenvalue weighted by molar-refractivity contribution is -0.124. The number of amides is 1. The second-order valence-electron chi connectivity index (χ2n) is 5.12. The fourth-order valence-corrected chi connectivity index (χ4v) is 3.24. The molecule has 0 saturated carbocycles. The van der Waals surface area contributed by atoms with Gasteiger partial charge in [-0.15, -0.1) is 0 Å². The molecule has 6 heteroatoms. The molecule has 2 aromatic carbocycles. The van der Waals surface area contributed by atoms with Crippen LogP contribution in [0, 0.1) is 5.82 Å². The third-order valence-corrected chi connectivity index (χ3v) is 4.56. The summed E-state index contributed by atoms with van der Waals surface area (Å²) >= 11 is 9.46. The Labute approximate surface area is 140 Å². The smallest absolute Gasteiger partial charge is 0.256 e. The molecule has 1 aliphatic heterocycles. The average molecular weight is 385 g/mol. The molecule has 0 aliphatic carbocycles. The molecule has 114 valence electrons. The molecule has 0 spiro atoms. The summed E-state index contributed by atoms with van der Waals surface area (Å²) in [5, 5.41) is 10.2. The quantitative estimate of drug-likeness (QED) is 0.847. The molecular weight excluding hydrogens is 373 g/mol. The molecule has 3 rings (SSSR count). The predicted octanol–water partition coefficient (Wildman–Crippen LogP) is 4.08. The molecule has 2 atom stereocenters. The minimum Gasteiger partial charge on any atom is -0.383 e. The summed E-state index contributed by atoms with van der Waals surface area (Å²) in [6.45, 7) is 0. The first-order chi connectivity index (χ1) is 10.5. The average Bonchev–Trinajstić information content (AvgIpc) is 2.76. The molecule has 1 aliphatic rings. The van der Waals surface area contributed by atoms with Gasteiger partial charge in [0.05, 0.1) is 6.04 Å². The van der Waals surface area contributed by atoms with Gasteiger partial charge in [-0.05, 0) is 42.0 Å². The fourth-order valence-electron chi connectivity index (χ4n) is 2.68. The van der Waals surface area contributed by atoms with E-state index in [9.17, 15) is 14.3 Å². The van der Waals surface area contributed by atoms with E-state index in [1.54, 1.807) is 18.2 Å². The van der Waals surface area contributed by atoms with Gasteiger partial charge in [0.25, 0.3) is 5.91 Å². The van der Waals surface area contributed by atoms with Crippen LogP contribution in [0.2, 0.25) is 5.02 Å². The van der Waals surface area contributed by atoms with E-state index >= 15 is 0 Å². The Kier molecular flexibility index (Phi) is 4.21. The lowest BCUT2D eigenvalue weighted by Crippen LogP contribution is -2.30. The number of anilines is 1. The van der Waals surface area contributed by atoms with Crippen molar-refractivity contribution in [1.82, 2.24) is 0 Å². The molecule has 1 fully saturated rings. The molecule has 0 aromatic heterocycles. The molecular formula is C16H12BrClFNO2. The van der Waals surface area contributed by atoms with Crippen LogP contribution >= 0.6 is 27.5 Å². The molecule has 1 heterocycles. The van der Waals surface area contributed by atoms with Gasteiger partial charge in [-0.2, -0.15) is 0 Å². The summed E-state index contributed by atoms with van der Waals surface area (Å²) in [4.78, 5) is 13.8. The van der Waals surface area contributed by atoms with Gasteiger partial charge in [0.15, 0.2) is 0 Å². The molecule has 0 radical (unpaired) electrons. The van der Waals surface area contributed by atoms with Crippen molar-refractivity contribution >= 4 is 39.1 Å². The van der Waals surface area contributed by atoms with Gasteiger partial charge in [0.1, 0.15) is 11.9 Å². The monoisotopic (exact) mass is 383 g/mol. The van der Waals surface area contributed by atoms with E-state index in [0.29, 0.717) is 11.3 Å². The van der Waals surface area contributed by atoms with Crippen LogP contribution in [0.3, 0.4) is 0 Å². The standard InChI is InChI=1S/C16H12BrClFNO2/c17-9-1-4-11(5-2-9)20-14(8-15(21)16(20)22)12-6-3-10(19)7-13(12)18/h1-7,14-15,21H,8H2. The number of nitrogens with zero attached hydrogens (tertiary/aromatic N) is 1. The molecule has 0 bridgehead atoms. The van der Waals surface area contributed by atoms with Crippen molar-refractivity contribution in [3.05, 3.63) is 63.3 Å². The van der Waals surface area contributed by atoms with E-state index in [1.807, 2.05) is 12.1 Å². The number of hydrogen-bond acceptors (Lipinski definition) is 2. The predicted molar refractivity (Wildman–Crippen MR) is 86.4 cm³/mol. The summed E-state index contributed by atoms with van der Waals surface area (Å²) < 4.78 is 14.1. The van der Waals surface area contributed by atoms with E-state index in [-0.39, 0.29) is 17.4 Å². The second kappa shape index (κ2) is 5.99. The Morgan fingerprint density at radius 1 is 1.23 bits per heavy atom. The van der Waals surface area contributed by atoms with E-state index in [0.717, 1.165) is 4.47 Å². The van der Waals surface area contributed by atoms with Crippen molar-refractivity contribution < 1.29 is 14.3 Å². The second-order valence-corrected chi connectivity index (χ2v) is 6.44. The summed E-state index contributed by atoms with van der Waals surface area (Å²) in [5.74, 6) is -0.818. The van der Waals surface area contributed by atoms with Crippen molar-refractivity contribution in [3.63, 3.8) is 0 Å². The number of aliphatic hydroxyl groups excluding tert-OH is 1. The highest BCUT2D eigenvalue weighted by Gasteiger charge is 2.40. The third-order valence-electron chi connectivity index (χ3n) is 3.71. The summed E-state index contributed by atoms with van der Waals surface area (Å²) in [7, 11) is 0. The van der Waals surface area contributed by atoms with Crippen molar-refractivity contribution in [3.8, 4) is 0 Å². The maximum absolute atomic E-state index is 13.2. The first-order valence-corrected chi connectivity index (χ1v) is 7.86. The van der Waals surface area contributed by atoms with E-state index < -0.39 is 18.0 Å². The number of carbonyl (C=O) groups excluding carboxylic acids is 1. The van der Waals surface area contributed by atoms with Crippen LogP contribution in [0.15, 0.2) is 46.9 Å². The Morgan fingerprint density at radius 2 is 1.91 bits per heavy atom. The Hall–Kier alpha value is -1.43. The molecule has 1 N–H and O–H groups in total. The Balaban J connectivity index is 2.05. The van der Waals surface area contributed by atoms with E-state index in [2.05, 4.69) is 15.9 Å². The highest BCUT2D eigenvalue weighted by atomic mass is 79.9. The third kappa shape index (κ3) is 2.76. The largest absolute Gasteiger partial charge is 0.383 e. The number of aliphatic hydroxyl groups is 1. The summed E-state index contributed by atoms with van der Waals surface area (Å²) in [5.41, 5.74) is 1.28. The van der Waals surface area contributed by atoms with Crippen molar-refractivity contribution in [2.75, 3.05) is 4.90 Å². The Bertz CT molecular complexity index is 723. The molecule has 2 aromatic rings. The highest BCUT2D eigenvalue weighted by Crippen LogP contribution is 2.40. The SMILES string of the molecule is O=C1C(O)CC(c2ccc(F)cc2Cl)N1c1ccc(Br)cc1. The van der Waals surface area contributed by atoms with Gasteiger partial charge >= 0.3 is 0 Å². The molecule has 1 saturated heterocycles. The zero-order valence-electron chi connectivity index (χ0n) is 11.3. The van der Waals surface area contributed by atoms with E-state index in [1.165, 1.54) is 17.0 Å². The van der Waals surface area contributed by atoms with Crippen LogP contribution in [0.4, 0.5) is 10.1 Å². The number of carbonyl (C=O) groups is 1. The Morgan fingerprint density at radius 3 is 2.55 bits per heavy atom. The highest BCUT2D eigenvalue weighted by molar-refractivity contribution is 9.10. The van der Waals surface area contributed by atoms with E-state index in [4.69, 9.17) is 11.6 Å². The van der Waals surface area contributed by atoms with Crippen molar-refractivity contribution in [2.24, 2.45) is 0 Å². The normalized spacial score (nSPS) is 21.5. The van der Waals surface area contributed by atoms with Crippen LogP contribution in [-0.2, 0) is 4.79 Å². The maximum Gasteiger partial charge on any atom is 0.256 e. The lowest BCUT2D eigenvalue weighted by Gasteiger charge is -2.25. The number of halogens is 3. The minimum absolute atomic E-state index is 0.222. The van der Waals surface area contributed by atoms with Gasteiger partial charge in [-0.25, -0.2) is 4.39 Å². The van der Waals surface area contributed by atoms with Crippen LogP contribution in [0.1, 0.15) is 18.0 Å². The summed E-state index contributed by atoms with van der Waals surface area (Å²) in [6.07, 6.45) is -0.866. The fraction of sp³-hybridized carbons (Fsp3) is 0.188. The zero-order chi connectivity index (χ0) is 15.9. The van der Waals surface area contributed by atoms with Crippen LogP contribution < -0.4 is 4.90 Å². The molecule has 3 nitrogen and oxygen atoms in total. The molecule has 1 amide bonds. The van der Waals surface area contributed by atoms with Gasteiger partial charge < -0.3 is 10.0 Å². The van der Waals surface area contributed by atoms with Gasteiger partial charge in [0, 0.05) is 21.6 Å². The topological polar surface area (TPSA) is 40.5 Å². The molecule has 22 heavy (non-hydrogen) atoms. The lowest BCUT2D eigenvalue weighted by atomic mass is 10.0. The molecule has 2 unspecified atom stereocenters. The number of benzene rings is 2. The van der Waals surface area contributed by atoms with Gasteiger partial charge in [-0.3, -0.25) is 4.79 Å². The van der Waals surface area contributed by atoms with Crippen molar-refractivity contribution in [1.29, 1.82) is 0 Å². The maximum atomic E-state index is 13.2. The number of hydrogen-bond donors (Lipinski definition) is 1. The first-order valence-electron chi connectivity index (χ1n) is 6.69. The van der Waals surface area contributed by atoms with Crippen LogP contribution in [-0.4, -0.2) is 17.1 Å². The summed E-state index contributed by atoms with van der Waals surface area (Å²) in [6, 6.07) is 10.8. The zero-order valence-corrected chi connectivity index (χ0v) is 13.7. The first kappa shape index (κ1) is 15.5. The minimum atomic E-state index is -1.09. The number of rotatable bonds is 2. The van der Waals surface area contributed by atoms with Crippen molar-refractivity contribution in [2.45, 2.75) is 18.6 Å².